The summed E-state index contributed by atoms with van der Waals surface area (Å²) in [6.07, 6.45) is 3.78. The van der Waals surface area contributed by atoms with Crippen LogP contribution in [-0.2, 0) is 20.8 Å². The van der Waals surface area contributed by atoms with E-state index in [0.717, 1.165) is 41.5 Å². The van der Waals surface area contributed by atoms with E-state index >= 15 is 0 Å². The molecule has 2 aromatic rings. The van der Waals surface area contributed by atoms with Gasteiger partial charge in [0.05, 0.1) is 44.1 Å². The number of hydrazine groups is 1. The number of nitrogens with zero attached hydrogens (tertiary/aromatic N) is 5. The largest absolute Gasteiger partial charge is 0.492 e. The van der Waals surface area contributed by atoms with Crippen molar-refractivity contribution in [2.75, 3.05) is 63.6 Å². The number of aromatic nitrogens is 3. The third-order valence-corrected chi connectivity index (χ3v) is 5.00. The van der Waals surface area contributed by atoms with Crippen LogP contribution in [0.3, 0.4) is 0 Å². The molecule has 9 heteroatoms. The summed E-state index contributed by atoms with van der Waals surface area (Å²) < 4.78 is 18.5. The fourth-order valence-electron chi connectivity index (χ4n) is 3.54. The number of fused-ring (bicyclic) bond motifs is 1. The number of rotatable bonds is 10. The van der Waals surface area contributed by atoms with Gasteiger partial charge in [0.1, 0.15) is 11.3 Å². The Morgan fingerprint density at radius 2 is 2.17 bits per heavy atom. The van der Waals surface area contributed by atoms with Gasteiger partial charge in [0.2, 0.25) is 0 Å². The Balaban J connectivity index is 2.11. The molecule has 30 heavy (non-hydrogen) atoms. The van der Waals surface area contributed by atoms with Gasteiger partial charge in [0, 0.05) is 39.9 Å². The fraction of sp³-hybridized carbons (Fsp3) is 0.524. The van der Waals surface area contributed by atoms with Gasteiger partial charge in [0.15, 0.2) is 11.5 Å². The highest BCUT2D eigenvalue weighted by molar-refractivity contribution is 5.89. The molecule has 0 bridgehead atoms. The van der Waals surface area contributed by atoms with Gasteiger partial charge in [-0.2, -0.15) is 0 Å². The average molecular weight is 417 g/mol. The van der Waals surface area contributed by atoms with Gasteiger partial charge in [-0.3, -0.25) is 5.01 Å². The molecule has 0 aromatic carbocycles. The van der Waals surface area contributed by atoms with Crippen molar-refractivity contribution in [3.05, 3.63) is 36.5 Å². The van der Waals surface area contributed by atoms with Crippen molar-refractivity contribution in [3.63, 3.8) is 0 Å². The molecule has 164 valence electrons. The Hall–Kier alpha value is -2.62. The molecule has 1 saturated heterocycles. The van der Waals surface area contributed by atoms with Gasteiger partial charge in [-0.15, -0.1) is 0 Å². The molecule has 0 saturated carbocycles. The van der Waals surface area contributed by atoms with Crippen LogP contribution in [-0.4, -0.2) is 68.2 Å². The molecule has 9 nitrogen and oxygen atoms in total. The number of allylic oxidation sites excluding steroid dienone is 1. The van der Waals surface area contributed by atoms with Crippen molar-refractivity contribution in [2.24, 2.45) is 0 Å². The monoisotopic (exact) mass is 416 g/mol. The maximum atomic E-state index is 5.66. The quantitative estimate of drug-likeness (QED) is 0.359. The number of pyridine rings is 1. The Bertz CT molecular complexity index is 888. The maximum Gasteiger partial charge on any atom is 0.164 e. The molecule has 0 atom stereocenters. The molecule has 1 fully saturated rings. The topological polar surface area (TPSA) is 76.9 Å². The average Bonchev–Trinajstić information content (AvgIpc) is 3.18. The first-order chi connectivity index (χ1) is 14.6. The van der Waals surface area contributed by atoms with E-state index < -0.39 is 0 Å². The minimum Gasteiger partial charge on any atom is -0.492 e. The molecule has 3 rings (SSSR count). The van der Waals surface area contributed by atoms with Crippen LogP contribution in [0.25, 0.3) is 11.2 Å². The van der Waals surface area contributed by atoms with Crippen LogP contribution in [0.5, 0.6) is 0 Å². The van der Waals surface area contributed by atoms with Crippen molar-refractivity contribution in [2.45, 2.75) is 20.4 Å². The predicted molar refractivity (Wildman–Crippen MR) is 118 cm³/mol. The molecule has 2 aromatic heterocycles. The second-order valence-corrected chi connectivity index (χ2v) is 6.79. The molecule has 0 spiro atoms. The summed E-state index contributed by atoms with van der Waals surface area (Å²) >= 11 is 0. The van der Waals surface area contributed by atoms with Gasteiger partial charge >= 0.3 is 0 Å². The molecule has 0 aliphatic carbocycles. The van der Waals surface area contributed by atoms with Gasteiger partial charge in [-0.05, 0) is 13.8 Å². The van der Waals surface area contributed by atoms with Crippen LogP contribution >= 0.6 is 0 Å². The second kappa shape index (κ2) is 10.4. The lowest BCUT2D eigenvalue weighted by atomic mass is 10.2. The number of ether oxygens (including phenoxy) is 3. The molecule has 1 aliphatic rings. The van der Waals surface area contributed by atoms with E-state index in [-0.39, 0.29) is 0 Å². The number of methoxy groups -OCH3 is 1. The predicted octanol–water partition coefficient (Wildman–Crippen LogP) is 2.31. The third kappa shape index (κ3) is 4.58. The molecule has 3 heterocycles. The van der Waals surface area contributed by atoms with Crippen molar-refractivity contribution >= 4 is 22.7 Å². The van der Waals surface area contributed by atoms with E-state index in [9.17, 15) is 0 Å². The SMILES string of the molecule is C=C(OCC)/C(=C/C)N(NC)c1cc(N2CCOCC2)c2ncn(CCOC)c2n1. The summed E-state index contributed by atoms with van der Waals surface area (Å²) in [7, 11) is 3.54. The van der Waals surface area contributed by atoms with Gasteiger partial charge < -0.3 is 23.7 Å². The standard InChI is InChI=1S/C21H32N6O3/c1-6-17(16(3)30-7-2)27(22-4)19-14-18(25-9-12-29-13-10-25)20-21(24-19)26(15-23-20)8-11-28-5/h6,14-15,22H,3,7-13H2,1-2,4-5H3/b17-6-. The van der Waals surface area contributed by atoms with Gasteiger partial charge in [-0.1, -0.05) is 12.7 Å². The maximum absolute atomic E-state index is 5.66. The number of hydrogen-bond donors (Lipinski definition) is 1. The second-order valence-electron chi connectivity index (χ2n) is 6.79. The number of nitrogens with one attached hydrogen (secondary N) is 1. The van der Waals surface area contributed by atoms with Crippen molar-refractivity contribution in [3.8, 4) is 0 Å². The van der Waals surface area contributed by atoms with Crippen LogP contribution in [0.15, 0.2) is 36.5 Å². The lowest BCUT2D eigenvalue weighted by molar-refractivity contribution is 0.123. The first-order valence-electron chi connectivity index (χ1n) is 10.3. The Morgan fingerprint density at radius 1 is 1.40 bits per heavy atom. The highest BCUT2D eigenvalue weighted by Gasteiger charge is 2.23. The zero-order valence-electron chi connectivity index (χ0n) is 18.3. The van der Waals surface area contributed by atoms with Gasteiger partial charge in [0.25, 0.3) is 0 Å². The highest BCUT2D eigenvalue weighted by Crippen LogP contribution is 2.31. The van der Waals surface area contributed by atoms with E-state index in [2.05, 4.69) is 28.0 Å². The Kier molecular flexibility index (Phi) is 7.67. The number of hydrogen-bond acceptors (Lipinski definition) is 8. The molecule has 0 radical (unpaired) electrons. The summed E-state index contributed by atoms with van der Waals surface area (Å²) in [4.78, 5) is 11.9. The lowest BCUT2D eigenvalue weighted by Crippen LogP contribution is -2.38. The van der Waals surface area contributed by atoms with Crippen LogP contribution in [0, 0.1) is 0 Å². The molecular formula is C21H32N6O3. The lowest BCUT2D eigenvalue weighted by Gasteiger charge is -2.31. The molecule has 0 unspecified atom stereocenters. The summed E-state index contributed by atoms with van der Waals surface area (Å²) in [5.41, 5.74) is 6.75. The summed E-state index contributed by atoms with van der Waals surface area (Å²) in [5.74, 6) is 1.32. The fourth-order valence-corrected chi connectivity index (χ4v) is 3.54. The summed E-state index contributed by atoms with van der Waals surface area (Å²) in [6, 6.07) is 2.06. The Morgan fingerprint density at radius 3 is 2.80 bits per heavy atom. The van der Waals surface area contributed by atoms with E-state index in [1.165, 1.54) is 0 Å². The number of morpholine rings is 1. The van der Waals surface area contributed by atoms with E-state index in [4.69, 9.17) is 19.2 Å². The van der Waals surface area contributed by atoms with Crippen LogP contribution < -0.4 is 15.3 Å². The first-order valence-corrected chi connectivity index (χ1v) is 10.3. The third-order valence-electron chi connectivity index (χ3n) is 5.00. The zero-order valence-corrected chi connectivity index (χ0v) is 18.3. The van der Waals surface area contributed by atoms with Crippen molar-refractivity contribution in [1.29, 1.82) is 0 Å². The smallest absolute Gasteiger partial charge is 0.164 e. The first kappa shape index (κ1) is 22.1. The van der Waals surface area contributed by atoms with Crippen molar-refractivity contribution in [1.82, 2.24) is 20.0 Å². The van der Waals surface area contributed by atoms with Crippen LogP contribution in [0.1, 0.15) is 13.8 Å². The van der Waals surface area contributed by atoms with Crippen LogP contribution in [0.4, 0.5) is 11.5 Å². The zero-order chi connectivity index (χ0) is 21.5. The molecule has 1 aliphatic heterocycles. The van der Waals surface area contributed by atoms with E-state index in [0.29, 0.717) is 38.7 Å². The van der Waals surface area contributed by atoms with E-state index in [1.54, 1.807) is 7.11 Å². The molecule has 1 N–H and O–H groups in total. The minimum absolute atomic E-state index is 0.545. The summed E-state index contributed by atoms with van der Waals surface area (Å²) in [5, 5.41) is 1.88. The van der Waals surface area contributed by atoms with E-state index in [1.807, 2.05) is 42.9 Å². The molecule has 0 amide bonds. The van der Waals surface area contributed by atoms with Crippen molar-refractivity contribution < 1.29 is 14.2 Å². The van der Waals surface area contributed by atoms with Crippen LogP contribution in [0.2, 0.25) is 0 Å². The number of anilines is 2. The normalized spacial score (nSPS) is 14.9. The van der Waals surface area contributed by atoms with Gasteiger partial charge in [-0.25, -0.2) is 15.4 Å². The number of imidazole rings is 1. The minimum atomic E-state index is 0.545. The summed E-state index contributed by atoms with van der Waals surface area (Å²) in [6.45, 7) is 12.8. The Labute approximate surface area is 177 Å². The highest BCUT2D eigenvalue weighted by atomic mass is 16.5. The molecular weight excluding hydrogens is 384 g/mol.